The summed E-state index contributed by atoms with van der Waals surface area (Å²) in [5.74, 6) is -0.863. The lowest BCUT2D eigenvalue weighted by Gasteiger charge is -2.07. The Morgan fingerprint density at radius 3 is 2.83 bits per heavy atom. The number of carbonyl (C=O) groups is 1. The molecule has 0 unspecified atom stereocenters. The van der Waals surface area contributed by atoms with Gasteiger partial charge in [-0.25, -0.2) is 4.39 Å². The van der Waals surface area contributed by atoms with Crippen molar-refractivity contribution in [1.82, 2.24) is 9.78 Å². The zero-order valence-electron chi connectivity index (χ0n) is 10.1. The maximum Gasteiger partial charge on any atom is 0.256 e. The number of rotatable bonds is 2. The largest absolute Gasteiger partial charge is 0.396 e. The Labute approximate surface area is 103 Å². The zero-order valence-corrected chi connectivity index (χ0v) is 10.1. The van der Waals surface area contributed by atoms with E-state index in [1.54, 1.807) is 24.9 Å². The average Bonchev–Trinajstić information content (AvgIpc) is 2.69. The van der Waals surface area contributed by atoms with E-state index in [2.05, 4.69) is 10.4 Å². The lowest BCUT2D eigenvalue weighted by Crippen LogP contribution is -2.14. The molecular formula is C12H13FN4O. The molecule has 18 heavy (non-hydrogen) atoms. The highest BCUT2D eigenvalue weighted by atomic mass is 19.1. The number of nitrogen functional groups attached to an aromatic ring is 1. The number of amides is 1. The molecule has 0 spiro atoms. The van der Waals surface area contributed by atoms with E-state index in [0.29, 0.717) is 16.8 Å². The minimum atomic E-state index is -0.523. The van der Waals surface area contributed by atoms with Crippen LogP contribution in [-0.2, 0) is 7.05 Å². The topological polar surface area (TPSA) is 72.9 Å². The van der Waals surface area contributed by atoms with E-state index in [9.17, 15) is 9.18 Å². The van der Waals surface area contributed by atoms with Crippen LogP contribution in [0.1, 0.15) is 15.9 Å². The molecule has 0 radical (unpaired) electrons. The summed E-state index contributed by atoms with van der Waals surface area (Å²) < 4.78 is 14.8. The highest BCUT2D eigenvalue weighted by Crippen LogP contribution is 2.18. The lowest BCUT2D eigenvalue weighted by molar-refractivity contribution is 0.102. The van der Waals surface area contributed by atoms with Crippen LogP contribution in [0.4, 0.5) is 15.8 Å². The van der Waals surface area contributed by atoms with Crippen molar-refractivity contribution < 1.29 is 9.18 Å². The van der Waals surface area contributed by atoms with Crippen LogP contribution in [0.5, 0.6) is 0 Å². The molecule has 0 atom stereocenters. The van der Waals surface area contributed by atoms with E-state index >= 15 is 0 Å². The molecule has 0 saturated carbocycles. The van der Waals surface area contributed by atoms with Gasteiger partial charge < -0.3 is 11.1 Å². The SMILES string of the molecule is Cc1cc(F)c(N)cc1C(=O)Nc1cnn(C)c1. The maximum absolute atomic E-state index is 13.2. The highest BCUT2D eigenvalue weighted by Gasteiger charge is 2.13. The minimum Gasteiger partial charge on any atom is -0.396 e. The number of nitrogens with two attached hydrogens (primary N) is 1. The lowest BCUT2D eigenvalue weighted by atomic mass is 10.1. The number of nitrogens with one attached hydrogen (secondary N) is 1. The molecule has 0 fully saturated rings. The normalized spacial score (nSPS) is 10.4. The molecule has 0 bridgehead atoms. The Kier molecular flexibility index (Phi) is 3.01. The highest BCUT2D eigenvalue weighted by molar-refractivity contribution is 6.05. The summed E-state index contributed by atoms with van der Waals surface area (Å²) >= 11 is 0. The Bertz CT molecular complexity index is 606. The summed E-state index contributed by atoms with van der Waals surface area (Å²) in [7, 11) is 1.75. The molecule has 1 aromatic carbocycles. The molecule has 2 aromatic rings. The van der Waals surface area contributed by atoms with Gasteiger partial charge in [0.1, 0.15) is 5.82 Å². The van der Waals surface area contributed by atoms with Gasteiger partial charge in [0.2, 0.25) is 0 Å². The van der Waals surface area contributed by atoms with E-state index in [4.69, 9.17) is 5.73 Å². The van der Waals surface area contributed by atoms with E-state index < -0.39 is 5.82 Å². The van der Waals surface area contributed by atoms with Crippen molar-refractivity contribution in [2.24, 2.45) is 7.05 Å². The third-order valence-corrected chi connectivity index (χ3v) is 2.55. The van der Waals surface area contributed by atoms with Gasteiger partial charge in [0.05, 0.1) is 17.6 Å². The predicted octanol–water partition coefficient (Wildman–Crippen LogP) is 1.70. The Balaban J connectivity index is 2.26. The Morgan fingerprint density at radius 1 is 1.50 bits per heavy atom. The molecule has 1 amide bonds. The fraction of sp³-hybridized carbons (Fsp3) is 0.167. The number of anilines is 2. The maximum atomic E-state index is 13.2. The van der Waals surface area contributed by atoms with Crippen molar-refractivity contribution in [1.29, 1.82) is 0 Å². The van der Waals surface area contributed by atoms with Crippen LogP contribution in [0.25, 0.3) is 0 Å². The number of carbonyl (C=O) groups excluding carboxylic acids is 1. The van der Waals surface area contributed by atoms with Gasteiger partial charge >= 0.3 is 0 Å². The van der Waals surface area contributed by atoms with Crippen molar-refractivity contribution in [2.45, 2.75) is 6.92 Å². The third kappa shape index (κ3) is 2.32. The average molecular weight is 248 g/mol. The van der Waals surface area contributed by atoms with Gasteiger partial charge in [-0.1, -0.05) is 0 Å². The van der Waals surface area contributed by atoms with Gasteiger partial charge in [-0.05, 0) is 24.6 Å². The van der Waals surface area contributed by atoms with Gasteiger partial charge in [-0.15, -0.1) is 0 Å². The summed E-state index contributed by atoms with van der Waals surface area (Å²) in [6.07, 6.45) is 3.19. The fourth-order valence-corrected chi connectivity index (χ4v) is 1.62. The van der Waals surface area contributed by atoms with Crippen molar-refractivity contribution in [3.05, 3.63) is 41.5 Å². The number of hydrogen-bond acceptors (Lipinski definition) is 3. The molecular weight excluding hydrogens is 235 g/mol. The third-order valence-electron chi connectivity index (χ3n) is 2.55. The second kappa shape index (κ2) is 4.48. The quantitative estimate of drug-likeness (QED) is 0.794. The molecule has 2 rings (SSSR count). The van der Waals surface area contributed by atoms with Crippen LogP contribution in [0.3, 0.4) is 0 Å². The van der Waals surface area contributed by atoms with E-state index in [1.165, 1.54) is 18.3 Å². The fourth-order valence-electron chi connectivity index (χ4n) is 1.62. The molecule has 6 heteroatoms. The Morgan fingerprint density at radius 2 is 2.22 bits per heavy atom. The molecule has 1 aromatic heterocycles. The summed E-state index contributed by atoms with van der Waals surface area (Å²) in [5.41, 5.74) is 6.86. The first-order valence-corrected chi connectivity index (χ1v) is 5.33. The minimum absolute atomic E-state index is 0.0445. The summed E-state index contributed by atoms with van der Waals surface area (Å²) in [6, 6.07) is 2.57. The van der Waals surface area contributed by atoms with Crippen LogP contribution in [0.15, 0.2) is 24.5 Å². The predicted molar refractivity (Wildman–Crippen MR) is 66.7 cm³/mol. The molecule has 94 valence electrons. The smallest absolute Gasteiger partial charge is 0.256 e. The number of nitrogens with zero attached hydrogens (tertiary/aromatic N) is 2. The second-order valence-corrected chi connectivity index (χ2v) is 4.05. The van der Waals surface area contributed by atoms with Crippen LogP contribution >= 0.6 is 0 Å². The molecule has 0 aliphatic heterocycles. The second-order valence-electron chi connectivity index (χ2n) is 4.05. The molecule has 0 saturated heterocycles. The van der Waals surface area contributed by atoms with Gasteiger partial charge in [0.25, 0.3) is 5.91 Å². The first-order valence-electron chi connectivity index (χ1n) is 5.33. The van der Waals surface area contributed by atoms with Crippen LogP contribution in [0, 0.1) is 12.7 Å². The first-order chi connectivity index (χ1) is 8.47. The van der Waals surface area contributed by atoms with Crippen molar-refractivity contribution in [2.75, 3.05) is 11.1 Å². The standard InChI is InChI=1S/C12H13FN4O/c1-7-3-10(13)11(14)4-9(7)12(18)16-8-5-15-17(2)6-8/h3-6H,14H2,1-2H3,(H,16,18). The molecule has 0 aliphatic carbocycles. The number of aryl methyl sites for hydroxylation is 2. The summed E-state index contributed by atoms with van der Waals surface area (Å²) in [4.78, 5) is 12.0. The van der Waals surface area contributed by atoms with Crippen LogP contribution in [-0.4, -0.2) is 15.7 Å². The zero-order chi connectivity index (χ0) is 13.3. The van der Waals surface area contributed by atoms with E-state index in [1.807, 2.05) is 0 Å². The molecule has 1 heterocycles. The first kappa shape index (κ1) is 12.1. The number of hydrogen-bond donors (Lipinski definition) is 2. The van der Waals surface area contributed by atoms with Crippen molar-refractivity contribution >= 4 is 17.3 Å². The van der Waals surface area contributed by atoms with Gasteiger partial charge in [-0.3, -0.25) is 9.48 Å². The number of aromatic nitrogens is 2. The number of halogens is 1. The van der Waals surface area contributed by atoms with E-state index in [-0.39, 0.29) is 11.6 Å². The summed E-state index contributed by atoms with van der Waals surface area (Å²) in [5, 5.41) is 6.60. The van der Waals surface area contributed by atoms with Crippen LogP contribution in [0.2, 0.25) is 0 Å². The monoisotopic (exact) mass is 248 g/mol. The van der Waals surface area contributed by atoms with E-state index in [0.717, 1.165) is 0 Å². The summed E-state index contributed by atoms with van der Waals surface area (Å²) in [6.45, 7) is 1.65. The van der Waals surface area contributed by atoms with Crippen LogP contribution < -0.4 is 11.1 Å². The van der Waals surface area contributed by atoms with Crippen molar-refractivity contribution in [3.63, 3.8) is 0 Å². The van der Waals surface area contributed by atoms with Gasteiger partial charge in [0, 0.05) is 18.8 Å². The van der Waals surface area contributed by atoms with Gasteiger partial charge in [-0.2, -0.15) is 5.10 Å². The molecule has 3 N–H and O–H groups in total. The van der Waals surface area contributed by atoms with Crippen molar-refractivity contribution in [3.8, 4) is 0 Å². The molecule has 0 aliphatic rings. The number of benzene rings is 1. The van der Waals surface area contributed by atoms with Gasteiger partial charge in [0.15, 0.2) is 0 Å². The Hall–Kier alpha value is -2.37. The molecule has 5 nitrogen and oxygen atoms in total.